The number of hydrogen-bond acceptors (Lipinski definition) is 3. The van der Waals surface area contributed by atoms with Gasteiger partial charge in [-0.1, -0.05) is 17.3 Å². The normalized spacial score (nSPS) is 14.5. The molecule has 0 aliphatic heterocycles. The zero-order valence-electron chi connectivity index (χ0n) is 9.13. The first-order valence-corrected chi connectivity index (χ1v) is 6.81. The molecular weight excluding hydrogens is 180 g/mol. The zero-order chi connectivity index (χ0) is 10.1. The van der Waals surface area contributed by atoms with Crippen molar-refractivity contribution in [2.24, 2.45) is 10.2 Å². The topological polar surface area (TPSA) is 34.0 Å². The second-order valence-electron chi connectivity index (χ2n) is 3.07. The molecule has 0 saturated heterocycles. The lowest BCUT2D eigenvalue weighted by molar-refractivity contribution is 0.206. The van der Waals surface area contributed by atoms with E-state index in [0.29, 0.717) is 13.2 Å². The highest BCUT2D eigenvalue weighted by molar-refractivity contribution is 6.43. The van der Waals surface area contributed by atoms with Crippen molar-refractivity contribution in [3.63, 3.8) is 0 Å². The van der Waals surface area contributed by atoms with Gasteiger partial charge >= 0.3 is 0 Å². The number of hydrogen-bond donors (Lipinski definition) is 0. The largest absolute Gasteiger partial charge is 0.383 e. The van der Waals surface area contributed by atoms with Crippen LogP contribution in [0.25, 0.3) is 0 Å². The predicted molar refractivity (Wildman–Crippen MR) is 59.2 cm³/mol. The van der Waals surface area contributed by atoms with E-state index in [-0.39, 0.29) is 9.52 Å². The molecule has 4 heteroatoms. The van der Waals surface area contributed by atoms with Crippen molar-refractivity contribution in [3.8, 4) is 0 Å². The molecule has 0 aliphatic rings. The summed E-state index contributed by atoms with van der Waals surface area (Å²) in [6.07, 6.45) is 0. The Morgan fingerprint density at radius 1 is 1.31 bits per heavy atom. The summed E-state index contributed by atoms with van der Waals surface area (Å²) in [6.45, 7) is 8.73. The van der Waals surface area contributed by atoms with E-state index in [1.807, 2.05) is 0 Å². The van der Waals surface area contributed by atoms with Gasteiger partial charge in [0.15, 0.2) is 0 Å². The van der Waals surface area contributed by atoms with Gasteiger partial charge in [-0.15, -0.1) is 0 Å². The molecular formula is C9H20N2OSi. The third-order valence-electron chi connectivity index (χ3n) is 2.06. The molecule has 0 aliphatic carbocycles. The van der Waals surface area contributed by atoms with E-state index in [1.165, 1.54) is 5.57 Å². The van der Waals surface area contributed by atoms with Crippen molar-refractivity contribution < 1.29 is 4.74 Å². The van der Waals surface area contributed by atoms with Crippen molar-refractivity contribution in [1.82, 2.24) is 0 Å². The Morgan fingerprint density at radius 3 is 2.54 bits per heavy atom. The molecule has 0 amide bonds. The van der Waals surface area contributed by atoms with E-state index in [0.717, 1.165) is 6.54 Å². The Balaban J connectivity index is 3.69. The Labute approximate surface area is 83.1 Å². The minimum atomic E-state index is 0.000330. The van der Waals surface area contributed by atoms with Gasteiger partial charge in [0.1, 0.15) is 0 Å². The van der Waals surface area contributed by atoms with Gasteiger partial charge in [0.2, 0.25) is 0 Å². The lowest BCUT2D eigenvalue weighted by atomic mass is 10.3. The smallest absolute Gasteiger partial charge is 0.0832 e. The molecule has 3 nitrogen and oxygen atoms in total. The number of allylic oxidation sites excluding steroid dienone is 1. The Hall–Kier alpha value is -0.483. The zero-order valence-corrected chi connectivity index (χ0v) is 10.5. The number of nitrogens with zero attached hydrogens (tertiary/aromatic N) is 2. The maximum atomic E-state index is 4.86. The molecule has 0 atom stereocenters. The van der Waals surface area contributed by atoms with Crippen LogP contribution in [0.5, 0.6) is 0 Å². The second-order valence-corrected chi connectivity index (χ2v) is 4.84. The predicted octanol–water partition coefficient (Wildman–Crippen LogP) is 1.60. The van der Waals surface area contributed by atoms with Crippen molar-refractivity contribution in [3.05, 3.63) is 10.8 Å². The summed E-state index contributed by atoms with van der Waals surface area (Å²) >= 11 is 0. The summed E-state index contributed by atoms with van der Waals surface area (Å²) in [4.78, 5) is 0. The van der Waals surface area contributed by atoms with Crippen LogP contribution in [0.1, 0.15) is 13.8 Å². The maximum absolute atomic E-state index is 4.86. The minimum Gasteiger partial charge on any atom is -0.383 e. The monoisotopic (exact) mass is 200 g/mol. The summed E-state index contributed by atoms with van der Waals surface area (Å²) in [5.74, 6) is 0. The van der Waals surface area contributed by atoms with Crippen LogP contribution in [0, 0.1) is 0 Å². The van der Waals surface area contributed by atoms with E-state index < -0.39 is 0 Å². The second kappa shape index (κ2) is 8.13. The van der Waals surface area contributed by atoms with Crippen molar-refractivity contribution in [1.29, 1.82) is 0 Å². The molecule has 0 N–H and O–H groups in total. The van der Waals surface area contributed by atoms with Gasteiger partial charge in [0, 0.05) is 16.6 Å². The summed E-state index contributed by atoms with van der Waals surface area (Å²) in [5, 5.41) is 9.63. The van der Waals surface area contributed by atoms with Crippen molar-refractivity contribution >= 4 is 9.52 Å². The molecule has 0 aromatic heterocycles. The van der Waals surface area contributed by atoms with Crippen LogP contribution in [0.4, 0.5) is 0 Å². The Bertz CT molecular complexity index is 190. The molecule has 0 rings (SSSR count). The lowest BCUT2D eigenvalue weighted by Gasteiger charge is -2.00. The quantitative estimate of drug-likeness (QED) is 0.364. The standard InChI is InChI=1S/C9H20N2OSi/c1-8(9(2)13-4)7-11-10-5-6-12-3/h5-7,13H2,1-4H3. The number of ether oxygens (including phenoxy) is 1. The fourth-order valence-electron chi connectivity index (χ4n) is 0.796. The molecule has 0 heterocycles. The van der Waals surface area contributed by atoms with Gasteiger partial charge < -0.3 is 4.74 Å². The van der Waals surface area contributed by atoms with Crippen LogP contribution in [0.2, 0.25) is 6.55 Å². The van der Waals surface area contributed by atoms with Gasteiger partial charge in [0.05, 0.1) is 19.7 Å². The molecule has 76 valence electrons. The lowest BCUT2D eigenvalue weighted by Crippen LogP contribution is -1.95. The van der Waals surface area contributed by atoms with Gasteiger partial charge in [-0.2, -0.15) is 10.2 Å². The molecule has 0 radical (unpaired) electrons. The first kappa shape index (κ1) is 12.5. The molecule has 0 spiro atoms. The minimum absolute atomic E-state index is 0.000330. The Morgan fingerprint density at radius 2 is 2.00 bits per heavy atom. The Kier molecular flexibility index (Phi) is 7.83. The third-order valence-corrected chi connectivity index (χ3v) is 3.73. The third kappa shape index (κ3) is 6.66. The molecule has 13 heavy (non-hydrogen) atoms. The summed E-state index contributed by atoms with van der Waals surface area (Å²) in [5.41, 5.74) is 1.38. The van der Waals surface area contributed by atoms with Crippen LogP contribution < -0.4 is 0 Å². The molecule has 0 bridgehead atoms. The van der Waals surface area contributed by atoms with Gasteiger partial charge in [-0.3, -0.25) is 0 Å². The van der Waals surface area contributed by atoms with Crippen LogP contribution in [-0.2, 0) is 4.74 Å². The summed E-state index contributed by atoms with van der Waals surface area (Å²) < 4.78 is 4.86. The van der Waals surface area contributed by atoms with E-state index in [2.05, 4.69) is 30.6 Å². The van der Waals surface area contributed by atoms with Crippen LogP contribution in [0.3, 0.4) is 0 Å². The van der Waals surface area contributed by atoms with E-state index in [9.17, 15) is 0 Å². The molecule has 0 aromatic rings. The van der Waals surface area contributed by atoms with Gasteiger partial charge in [-0.25, -0.2) is 0 Å². The van der Waals surface area contributed by atoms with Crippen molar-refractivity contribution in [2.45, 2.75) is 20.4 Å². The van der Waals surface area contributed by atoms with Gasteiger partial charge in [-0.05, 0) is 13.8 Å². The van der Waals surface area contributed by atoms with E-state index >= 15 is 0 Å². The van der Waals surface area contributed by atoms with E-state index in [1.54, 1.807) is 12.3 Å². The number of azo groups is 1. The van der Waals surface area contributed by atoms with Crippen LogP contribution in [0.15, 0.2) is 21.0 Å². The number of methoxy groups -OCH3 is 1. The average molecular weight is 200 g/mol. The molecule has 0 saturated carbocycles. The first-order valence-electron chi connectivity index (χ1n) is 4.69. The highest BCUT2D eigenvalue weighted by atomic mass is 28.2. The fourth-order valence-corrected chi connectivity index (χ4v) is 1.51. The average Bonchev–Trinajstić information content (AvgIpc) is 2.16. The summed E-state index contributed by atoms with van der Waals surface area (Å²) in [7, 11) is 1.67. The van der Waals surface area contributed by atoms with E-state index in [4.69, 9.17) is 4.74 Å². The highest BCUT2D eigenvalue weighted by Crippen LogP contribution is 2.01. The van der Waals surface area contributed by atoms with Gasteiger partial charge in [0.25, 0.3) is 0 Å². The van der Waals surface area contributed by atoms with Crippen molar-refractivity contribution in [2.75, 3.05) is 26.8 Å². The SMILES string of the molecule is COCCN=NCC(C)=C(C)[SiH2]C. The number of rotatable bonds is 6. The van der Waals surface area contributed by atoms with Crippen LogP contribution in [-0.4, -0.2) is 36.3 Å². The van der Waals surface area contributed by atoms with Crippen LogP contribution >= 0.6 is 0 Å². The molecule has 0 unspecified atom stereocenters. The summed E-state index contributed by atoms with van der Waals surface area (Å²) in [6, 6.07) is 0. The fraction of sp³-hybridized carbons (Fsp3) is 0.778. The molecule has 0 aromatic carbocycles. The highest BCUT2D eigenvalue weighted by Gasteiger charge is 1.92. The first-order chi connectivity index (χ1) is 6.22. The maximum Gasteiger partial charge on any atom is 0.0832 e. The molecule has 0 fully saturated rings.